The maximum atomic E-state index is 11.9. The van der Waals surface area contributed by atoms with Crippen molar-refractivity contribution in [3.05, 3.63) is 23.8 Å². The van der Waals surface area contributed by atoms with Gasteiger partial charge in [0, 0.05) is 17.7 Å². The van der Waals surface area contributed by atoms with Crippen molar-refractivity contribution in [1.82, 2.24) is 5.32 Å². The van der Waals surface area contributed by atoms with Crippen LogP contribution in [0.25, 0.3) is 0 Å². The molecule has 0 fully saturated rings. The summed E-state index contributed by atoms with van der Waals surface area (Å²) in [7, 11) is 1.55. The Morgan fingerprint density at radius 1 is 1.50 bits per heavy atom. The molecule has 0 aliphatic heterocycles. The van der Waals surface area contributed by atoms with E-state index in [2.05, 4.69) is 5.32 Å². The molecule has 0 heterocycles. The quantitative estimate of drug-likeness (QED) is 0.733. The molecule has 1 aromatic rings. The predicted octanol–water partition coefficient (Wildman–Crippen LogP) is 2.41. The van der Waals surface area contributed by atoms with Gasteiger partial charge in [0.15, 0.2) is 0 Å². The molecule has 16 heavy (non-hydrogen) atoms. The predicted molar refractivity (Wildman–Crippen MR) is 61.7 cm³/mol. The molecular weight excluding hydrogens is 209 g/mol. The van der Waals surface area contributed by atoms with Crippen LogP contribution >= 0.6 is 0 Å². The van der Waals surface area contributed by atoms with Gasteiger partial charge in [-0.3, -0.25) is 4.39 Å². The Balaban J connectivity index is 2.64. The Morgan fingerprint density at radius 3 is 2.81 bits per heavy atom. The zero-order valence-corrected chi connectivity index (χ0v) is 9.66. The highest BCUT2D eigenvalue weighted by Crippen LogP contribution is 2.28. The van der Waals surface area contributed by atoms with Gasteiger partial charge < -0.3 is 15.2 Å². The van der Waals surface area contributed by atoms with E-state index in [1.165, 1.54) is 0 Å². The summed E-state index contributed by atoms with van der Waals surface area (Å²) in [6.07, 6.45) is 0.487. The fourth-order valence-corrected chi connectivity index (χ4v) is 1.51. The highest BCUT2D eigenvalue weighted by Gasteiger charge is 2.10. The summed E-state index contributed by atoms with van der Waals surface area (Å²) in [6, 6.07) is 5.17. The van der Waals surface area contributed by atoms with E-state index in [0.717, 1.165) is 5.56 Å². The summed E-state index contributed by atoms with van der Waals surface area (Å²) < 4.78 is 16.9. The second-order valence-corrected chi connectivity index (χ2v) is 3.64. The first-order valence-electron chi connectivity index (χ1n) is 5.35. The third-order valence-corrected chi connectivity index (χ3v) is 2.47. The summed E-state index contributed by atoms with van der Waals surface area (Å²) in [6.45, 7) is 2.21. The molecule has 0 radical (unpaired) electrons. The fraction of sp³-hybridized carbons (Fsp3) is 0.500. The smallest absolute Gasteiger partial charge is 0.124 e. The van der Waals surface area contributed by atoms with Crippen molar-refractivity contribution < 1.29 is 14.2 Å². The molecule has 0 saturated carbocycles. The van der Waals surface area contributed by atoms with Crippen LogP contribution in [0, 0.1) is 0 Å². The first-order chi connectivity index (χ1) is 7.69. The third kappa shape index (κ3) is 3.38. The van der Waals surface area contributed by atoms with E-state index in [9.17, 15) is 9.50 Å². The molecule has 1 aromatic carbocycles. The van der Waals surface area contributed by atoms with E-state index in [0.29, 0.717) is 18.7 Å². The summed E-state index contributed by atoms with van der Waals surface area (Å²) >= 11 is 0. The number of alkyl halides is 1. The topological polar surface area (TPSA) is 41.5 Å². The monoisotopic (exact) mass is 227 g/mol. The van der Waals surface area contributed by atoms with Gasteiger partial charge in [-0.2, -0.15) is 0 Å². The summed E-state index contributed by atoms with van der Waals surface area (Å²) in [5.74, 6) is 0.816. The van der Waals surface area contributed by atoms with Crippen LogP contribution in [0.1, 0.15) is 24.9 Å². The van der Waals surface area contributed by atoms with Crippen molar-refractivity contribution in [2.75, 3.05) is 20.3 Å². The van der Waals surface area contributed by atoms with E-state index < -0.39 is 0 Å². The van der Waals surface area contributed by atoms with Gasteiger partial charge in [-0.05, 0) is 26.0 Å². The molecule has 0 bridgehead atoms. The number of phenolic OH excluding ortho intramolecular Hbond substituents is 1. The van der Waals surface area contributed by atoms with Crippen LogP contribution in [-0.2, 0) is 0 Å². The van der Waals surface area contributed by atoms with Gasteiger partial charge in [0.1, 0.15) is 11.5 Å². The van der Waals surface area contributed by atoms with Gasteiger partial charge in [0.05, 0.1) is 13.8 Å². The lowest BCUT2D eigenvalue weighted by Crippen LogP contribution is -2.20. The Labute approximate surface area is 95.2 Å². The van der Waals surface area contributed by atoms with Gasteiger partial charge in [-0.25, -0.2) is 0 Å². The van der Waals surface area contributed by atoms with Crippen LogP contribution in [0.15, 0.2) is 18.2 Å². The van der Waals surface area contributed by atoms with Crippen molar-refractivity contribution in [2.24, 2.45) is 0 Å². The first-order valence-corrected chi connectivity index (χ1v) is 5.35. The van der Waals surface area contributed by atoms with Gasteiger partial charge in [-0.1, -0.05) is 6.07 Å². The molecule has 0 aliphatic carbocycles. The number of hydrogen-bond donors (Lipinski definition) is 2. The number of halogens is 1. The van der Waals surface area contributed by atoms with E-state index >= 15 is 0 Å². The number of benzene rings is 1. The Hall–Kier alpha value is -1.29. The van der Waals surface area contributed by atoms with Crippen LogP contribution in [0.5, 0.6) is 11.5 Å². The van der Waals surface area contributed by atoms with Crippen molar-refractivity contribution in [3.63, 3.8) is 0 Å². The largest absolute Gasteiger partial charge is 0.507 e. The van der Waals surface area contributed by atoms with Crippen molar-refractivity contribution in [3.8, 4) is 11.5 Å². The Morgan fingerprint density at radius 2 is 2.25 bits per heavy atom. The van der Waals surface area contributed by atoms with Gasteiger partial charge in [-0.15, -0.1) is 0 Å². The molecule has 1 atom stereocenters. The van der Waals surface area contributed by atoms with Gasteiger partial charge >= 0.3 is 0 Å². The van der Waals surface area contributed by atoms with Crippen molar-refractivity contribution in [1.29, 1.82) is 0 Å². The Kier molecular flexibility index (Phi) is 5.05. The minimum absolute atomic E-state index is 0.00236. The maximum Gasteiger partial charge on any atom is 0.124 e. The number of methoxy groups -OCH3 is 1. The number of aromatic hydroxyl groups is 1. The molecule has 0 spiro atoms. The molecule has 0 aromatic heterocycles. The number of hydrogen-bond acceptors (Lipinski definition) is 3. The first kappa shape index (κ1) is 12.8. The van der Waals surface area contributed by atoms with Gasteiger partial charge in [0.2, 0.25) is 0 Å². The van der Waals surface area contributed by atoms with Crippen LogP contribution < -0.4 is 10.1 Å². The highest BCUT2D eigenvalue weighted by molar-refractivity contribution is 5.41. The average molecular weight is 227 g/mol. The summed E-state index contributed by atoms with van der Waals surface area (Å²) in [5.41, 5.74) is 0.791. The zero-order chi connectivity index (χ0) is 12.0. The van der Waals surface area contributed by atoms with E-state index in [4.69, 9.17) is 4.74 Å². The zero-order valence-electron chi connectivity index (χ0n) is 9.66. The van der Waals surface area contributed by atoms with Crippen LogP contribution in [0.3, 0.4) is 0 Å². The minimum Gasteiger partial charge on any atom is -0.507 e. The van der Waals surface area contributed by atoms with Crippen LogP contribution in [0.4, 0.5) is 4.39 Å². The fourth-order valence-electron chi connectivity index (χ4n) is 1.51. The molecule has 0 amide bonds. The number of rotatable bonds is 6. The molecule has 2 N–H and O–H groups in total. The second kappa shape index (κ2) is 6.33. The Bertz CT molecular complexity index is 331. The molecule has 90 valence electrons. The third-order valence-electron chi connectivity index (χ3n) is 2.47. The van der Waals surface area contributed by atoms with Gasteiger partial charge in [0.25, 0.3) is 0 Å². The number of nitrogens with one attached hydrogen (secondary N) is 1. The summed E-state index contributed by atoms with van der Waals surface area (Å²) in [5, 5.41) is 12.9. The van der Waals surface area contributed by atoms with Crippen LogP contribution in [-0.4, -0.2) is 25.4 Å². The molecular formula is C12H18FNO2. The molecule has 0 saturated heterocycles. The second-order valence-electron chi connectivity index (χ2n) is 3.64. The van der Waals surface area contributed by atoms with Crippen molar-refractivity contribution in [2.45, 2.75) is 19.4 Å². The van der Waals surface area contributed by atoms with E-state index in [1.807, 2.05) is 6.92 Å². The molecule has 1 unspecified atom stereocenters. The van der Waals surface area contributed by atoms with E-state index in [-0.39, 0.29) is 18.5 Å². The lowest BCUT2D eigenvalue weighted by atomic mass is 10.1. The standard InChI is InChI=1S/C12H18FNO2/c1-9(14-7-3-6-13)11-5-4-10(16-2)8-12(11)15/h4-5,8-9,14-15H,3,6-7H2,1-2H3. The van der Waals surface area contributed by atoms with Crippen molar-refractivity contribution >= 4 is 0 Å². The minimum atomic E-state index is -0.325. The molecule has 0 aliphatic rings. The maximum absolute atomic E-state index is 11.9. The highest BCUT2D eigenvalue weighted by atomic mass is 19.1. The summed E-state index contributed by atoms with van der Waals surface area (Å²) in [4.78, 5) is 0. The average Bonchev–Trinajstić information content (AvgIpc) is 2.29. The normalized spacial score (nSPS) is 12.4. The van der Waals surface area contributed by atoms with E-state index in [1.54, 1.807) is 25.3 Å². The lowest BCUT2D eigenvalue weighted by molar-refractivity contribution is 0.402. The SMILES string of the molecule is COc1ccc(C(C)NCCCF)c(O)c1. The molecule has 3 nitrogen and oxygen atoms in total. The van der Waals surface area contributed by atoms with Crippen LogP contribution in [0.2, 0.25) is 0 Å². The molecule has 4 heteroatoms. The molecule has 1 rings (SSSR count). The lowest BCUT2D eigenvalue weighted by Gasteiger charge is -2.15. The number of phenols is 1. The number of ether oxygens (including phenoxy) is 1.